The molecule has 2 amide bonds. The number of nitrogens with zero attached hydrogens (tertiary/aromatic N) is 1. The lowest BCUT2D eigenvalue weighted by molar-refractivity contribution is -0.116. The fourth-order valence-electron chi connectivity index (χ4n) is 3.78. The van der Waals surface area contributed by atoms with Crippen LogP contribution in [-0.4, -0.2) is 25.4 Å². The Morgan fingerprint density at radius 3 is 2.56 bits per heavy atom. The number of hydrogen-bond donors (Lipinski definition) is 3. The van der Waals surface area contributed by atoms with Crippen LogP contribution in [0.1, 0.15) is 51.3 Å². The molecule has 0 fully saturated rings. The Balaban J connectivity index is 1.36. The maximum absolute atomic E-state index is 12.8. The molecule has 0 atom stereocenters. The normalized spacial score (nSPS) is 13.6. The smallest absolute Gasteiger partial charge is 0.251 e. The summed E-state index contributed by atoms with van der Waals surface area (Å²) in [5.41, 5.74) is 4.23. The molecular weight excluding hydrogens is 456 g/mol. The number of aryl methyl sites for hydroxylation is 3. The number of amides is 2. The number of carbonyl (C=O) groups is 2. The van der Waals surface area contributed by atoms with E-state index in [2.05, 4.69) is 20.5 Å². The maximum Gasteiger partial charge on any atom is 0.251 e. The predicted octanol–water partition coefficient (Wildman–Crippen LogP) is 2.97. The van der Waals surface area contributed by atoms with Gasteiger partial charge in [-0.1, -0.05) is 17.3 Å². The molecule has 4 rings (SSSR count). The molecule has 9 nitrogen and oxygen atoms in total. The first-order valence-electron chi connectivity index (χ1n) is 10.9. The summed E-state index contributed by atoms with van der Waals surface area (Å²) in [6.45, 7) is 4.00. The summed E-state index contributed by atoms with van der Waals surface area (Å²) in [5, 5.41) is 9.51. The lowest BCUT2D eigenvalue weighted by atomic mass is 10.1. The average molecular weight is 483 g/mol. The van der Waals surface area contributed by atoms with Gasteiger partial charge in [-0.2, -0.15) is 0 Å². The molecule has 0 radical (unpaired) electrons. The van der Waals surface area contributed by atoms with Crippen LogP contribution < -0.4 is 15.4 Å². The molecule has 0 bridgehead atoms. The van der Waals surface area contributed by atoms with Gasteiger partial charge in [0.2, 0.25) is 15.9 Å². The van der Waals surface area contributed by atoms with Crippen molar-refractivity contribution in [3.05, 3.63) is 76.2 Å². The summed E-state index contributed by atoms with van der Waals surface area (Å²) in [6.07, 6.45) is 1.73. The molecule has 10 heteroatoms. The van der Waals surface area contributed by atoms with Crippen LogP contribution in [0.15, 0.2) is 51.9 Å². The fraction of sp³-hybridized carbons (Fsp3) is 0.292. The van der Waals surface area contributed by atoms with Gasteiger partial charge < -0.3 is 15.2 Å². The Labute approximate surface area is 198 Å². The lowest BCUT2D eigenvalue weighted by Crippen LogP contribution is -2.24. The number of nitrogens with one attached hydrogen (secondary N) is 3. The van der Waals surface area contributed by atoms with Crippen molar-refractivity contribution >= 4 is 27.5 Å². The topological polar surface area (TPSA) is 130 Å². The number of fused-ring (bicyclic) bond motifs is 1. The third-order valence-electron chi connectivity index (χ3n) is 5.80. The van der Waals surface area contributed by atoms with Gasteiger partial charge in [0.1, 0.15) is 5.76 Å². The molecule has 1 aliphatic heterocycles. The monoisotopic (exact) mass is 482 g/mol. The van der Waals surface area contributed by atoms with Crippen LogP contribution in [0.25, 0.3) is 0 Å². The second-order valence-corrected chi connectivity index (χ2v) is 9.99. The highest BCUT2D eigenvalue weighted by molar-refractivity contribution is 7.89. The van der Waals surface area contributed by atoms with Crippen LogP contribution in [0.4, 0.5) is 5.69 Å². The molecule has 1 aliphatic rings. The summed E-state index contributed by atoms with van der Waals surface area (Å²) >= 11 is 0. The third-order valence-corrected chi connectivity index (χ3v) is 7.20. The summed E-state index contributed by atoms with van der Waals surface area (Å²) in [7, 11) is -3.74. The Kier molecular flexibility index (Phi) is 6.80. The average Bonchev–Trinajstić information content (AvgIpc) is 3.01. The molecule has 3 N–H and O–H groups in total. The van der Waals surface area contributed by atoms with Crippen LogP contribution in [0.5, 0.6) is 0 Å². The minimum absolute atomic E-state index is 0.0617. The molecular formula is C24H26N4O5S. The van der Waals surface area contributed by atoms with Gasteiger partial charge in [-0.3, -0.25) is 9.59 Å². The van der Waals surface area contributed by atoms with Crippen molar-refractivity contribution < 1.29 is 22.5 Å². The quantitative estimate of drug-likeness (QED) is 0.475. The van der Waals surface area contributed by atoms with E-state index in [-0.39, 0.29) is 23.3 Å². The molecule has 1 aromatic heterocycles. The zero-order valence-electron chi connectivity index (χ0n) is 19.0. The molecule has 0 aliphatic carbocycles. The van der Waals surface area contributed by atoms with Gasteiger partial charge in [0.15, 0.2) is 0 Å². The SMILES string of the molecule is Cc1noc(C)c1CNC(=O)c1ccc(CNS(=O)(=O)c2ccc3c(c2)CCCC(=O)N3)cc1. The van der Waals surface area contributed by atoms with Crippen molar-refractivity contribution in [1.29, 1.82) is 0 Å². The van der Waals surface area contributed by atoms with Gasteiger partial charge in [0.25, 0.3) is 5.91 Å². The van der Waals surface area contributed by atoms with Crippen LogP contribution in [0.3, 0.4) is 0 Å². The first kappa shape index (κ1) is 23.7. The number of sulfonamides is 1. The minimum atomic E-state index is -3.74. The molecule has 0 spiro atoms. The fourth-order valence-corrected chi connectivity index (χ4v) is 4.85. The van der Waals surface area contributed by atoms with Crippen LogP contribution >= 0.6 is 0 Å². The second kappa shape index (κ2) is 9.78. The van der Waals surface area contributed by atoms with Crippen molar-refractivity contribution in [2.24, 2.45) is 0 Å². The highest BCUT2D eigenvalue weighted by Crippen LogP contribution is 2.25. The van der Waals surface area contributed by atoms with Gasteiger partial charge in [-0.15, -0.1) is 0 Å². The number of anilines is 1. The Hall–Kier alpha value is -3.50. The highest BCUT2D eigenvalue weighted by atomic mass is 32.2. The maximum atomic E-state index is 12.8. The number of carbonyl (C=O) groups excluding carboxylic acids is 2. The van der Waals surface area contributed by atoms with Crippen molar-refractivity contribution in [3.8, 4) is 0 Å². The molecule has 2 aromatic carbocycles. The van der Waals surface area contributed by atoms with Gasteiger partial charge in [-0.25, -0.2) is 13.1 Å². The lowest BCUT2D eigenvalue weighted by Gasteiger charge is -2.11. The summed E-state index contributed by atoms with van der Waals surface area (Å²) in [5.74, 6) is 0.359. The number of hydrogen-bond acceptors (Lipinski definition) is 6. The number of rotatable bonds is 7. The zero-order valence-corrected chi connectivity index (χ0v) is 19.8. The van der Waals surface area contributed by atoms with Gasteiger partial charge in [-0.05, 0) is 68.1 Å². The molecule has 178 valence electrons. The third kappa shape index (κ3) is 5.35. The minimum Gasteiger partial charge on any atom is -0.361 e. The number of benzene rings is 2. The first-order chi connectivity index (χ1) is 16.2. The van der Waals surface area contributed by atoms with Gasteiger partial charge >= 0.3 is 0 Å². The largest absolute Gasteiger partial charge is 0.361 e. The Morgan fingerprint density at radius 2 is 1.85 bits per heavy atom. The van der Waals surface area contributed by atoms with E-state index in [1.807, 2.05) is 6.92 Å². The van der Waals surface area contributed by atoms with Crippen LogP contribution in [0.2, 0.25) is 0 Å². The second-order valence-electron chi connectivity index (χ2n) is 8.23. The molecule has 2 heterocycles. The predicted molar refractivity (Wildman–Crippen MR) is 126 cm³/mol. The zero-order chi connectivity index (χ0) is 24.3. The number of aromatic nitrogens is 1. The molecule has 0 saturated heterocycles. The van der Waals surface area contributed by atoms with Crippen LogP contribution in [0, 0.1) is 13.8 Å². The van der Waals surface area contributed by atoms with Crippen molar-refractivity contribution in [2.75, 3.05) is 5.32 Å². The van der Waals surface area contributed by atoms with E-state index in [0.717, 1.165) is 16.8 Å². The molecule has 0 saturated carbocycles. The van der Waals surface area contributed by atoms with Gasteiger partial charge in [0.05, 0.1) is 10.6 Å². The summed E-state index contributed by atoms with van der Waals surface area (Å²) in [6, 6.07) is 11.4. The van der Waals surface area contributed by atoms with Crippen molar-refractivity contribution in [1.82, 2.24) is 15.2 Å². The highest BCUT2D eigenvalue weighted by Gasteiger charge is 2.19. The van der Waals surface area contributed by atoms with Crippen molar-refractivity contribution in [3.63, 3.8) is 0 Å². The van der Waals surface area contributed by atoms with E-state index >= 15 is 0 Å². The standard InChI is InChI=1S/C24H26N4O5S/c1-15-21(16(2)33-28-15)14-25-24(30)18-8-6-17(7-9-18)13-26-34(31,32)20-10-11-22-19(12-20)4-3-5-23(29)27-22/h6-12,26H,3-5,13-14H2,1-2H3,(H,25,30)(H,27,29). The van der Waals surface area contributed by atoms with E-state index in [4.69, 9.17) is 4.52 Å². The van der Waals surface area contributed by atoms with E-state index in [1.165, 1.54) is 6.07 Å². The van der Waals surface area contributed by atoms with Crippen LogP contribution in [-0.2, 0) is 34.3 Å². The molecule has 0 unspecified atom stereocenters. The molecule has 34 heavy (non-hydrogen) atoms. The van der Waals surface area contributed by atoms with E-state index in [0.29, 0.717) is 48.4 Å². The Morgan fingerprint density at radius 1 is 1.09 bits per heavy atom. The van der Waals surface area contributed by atoms with E-state index in [9.17, 15) is 18.0 Å². The molecule has 3 aromatic rings. The summed E-state index contributed by atoms with van der Waals surface area (Å²) < 4.78 is 33.3. The van der Waals surface area contributed by atoms with E-state index < -0.39 is 10.0 Å². The van der Waals surface area contributed by atoms with E-state index in [1.54, 1.807) is 43.3 Å². The summed E-state index contributed by atoms with van der Waals surface area (Å²) in [4.78, 5) is 24.3. The Bertz CT molecular complexity index is 1310. The first-order valence-corrected chi connectivity index (χ1v) is 12.4. The van der Waals surface area contributed by atoms with Gasteiger partial charge in [0, 0.05) is 36.3 Å². The van der Waals surface area contributed by atoms with Crippen molar-refractivity contribution in [2.45, 2.75) is 51.1 Å².